The third-order valence-electron chi connectivity index (χ3n) is 2.71. The van der Waals surface area contributed by atoms with Crippen LogP contribution in [0, 0.1) is 10.1 Å². The highest BCUT2D eigenvalue weighted by Crippen LogP contribution is 2.20. The first-order chi connectivity index (χ1) is 9.67. The number of aromatic nitrogens is 1. The number of ether oxygens (including phenoxy) is 1. The molecule has 0 aliphatic heterocycles. The summed E-state index contributed by atoms with van der Waals surface area (Å²) >= 11 is 0. The van der Waals surface area contributed by atoms with Gasteiger partial charge in [-0.25, -0.2) is 4.98 Å². The molecule has 112 valence electrons. The van der Waals surface area contributed by atoms with Crippen molar-refractivity contribution >= 4 is 17.3 Å². The van der Waals surface area contributed by atoms with E-state index in [1.807, 2.05) is 6.92 Å². The molecule has 0 aliphatic rings. The molecule has 0 saturated carbocycles. The summed E-state index contributed by atoms with van der Waals surface area (Å²) in [5.41, 5.74) is 0.0397. The fraction of sp³-hybridized carbons (Fsp3) is 0.615. The molecule has 0 amide bonds. The van der Waals surface area contributed by atoms with E-state index >= 15 is 0 Å². The Bertz CT molecular complexity index is 426. The van der Waals surface area contributed by atoms with Crippen LogP contribution < -0.4 is 10.6 Å². The lowest BCUT2D eigenvalue weighted by molar-refractivity contribution is -0.384. The second-order valence-electron chi connectivity index (χ2n) is 4.36. The molecular formula is C13H22N4O3. The minimum atomic E-state index is -0.410. The molecule has 0 spiro atoms. The van der Waals surface area contributed by atoms with Crippen molar-refractivity contribution in [2.24, 2.45) is 0 Å². The molecule has 20 heavy (non-hydrogen) atoms. The number of methoxy groups -OCH3 is 1. The molecule has 7 nitrogen and oxygen atoms in total. The summed E-state index contributed by atoms with van der Waals surface area (Å²) in [4.78, 5) is 14.7. The molecule has 1 heterocycles. The lowest BCUT2D eigenvalue weighted by atomic mass is 10.2. The molecule has 0 bridgehead atoms. The number of anilines is 2. The normalized spacial score (nSPS) is 10.3. The molecule has 0 radical (unpaired) electrons. The summed E-state index contributed by atoms with van der Waals surface area (Å²) in [6.45, 7) is 4.09. The topological polar surface area (TPSA) is 89.3 Å². The van der Waals surface area contributed by atoms with Crippen molar-refractivity contribution in [3.8, 4) is 0 Å². The minimum absolute atomic E-state index is 0.0397. The van der Waals surface area contributed by atoms with Gasteiger partial charge in [-0.1, -0.05) is 0 Å². The van der Waals surface area contributed by atoms with Crippen molar-refractivity contribution in [3.63, 3.8) is 0 Å². The van der Waals surface area contributed by atoms with Gasteiger partial charge in [0.15, 0.2) is 0 Å². The van der Waals surface area contributed by atoms with E-state index in [2.05, 4.69) is 15.6 Å². The van der Waals surface area contributed by atoms with Crippen molar-refractivity contribution in [2.45, 2.75) is 26.2 Å². The summed E-state index contributed by atoms with van der Waals surface area (Å²) in [5, 5.41) is 17.0. The van der Waals surface area contributed by atoms with Gasteiger partial charge in [0.25, 0.3) is 5.69 Å². The Morgan fingerprint density at radius 2 is 1.95 bits per heavy atom. The molecule has 2 N–H and O–H groups in total. The average Bonchev–Trinajstić information content (AvgIpc) is 2.43. The smallest absolute Gasteiger partial charge is 0.276 e. The highest BCUT2D eigenvalue weighted by molar-refractivity contribution is 5.54. The van der Waals surface area contributed by atoms with Crippen molar-refractivity contribution < 1.29 is 9.66 Å². The maximum absolute atomic E-state index is 10.9. The quantitative estimate of drug-likeness (QED) is 0.389. The zero-order chi connectivity index (χ0) is 14.8. The summed E-state index contributed by atoms with van der Waals surface area (Å²) in [6.07, 6.45) is 3.04. The van der Waals surface area contributed by atoms with Crippen molar-refractivity contribution in [1.29, 1.82) is 0 Å². The van der Waals surface area contributed by atoms with Crippen LogP contribution in [0.1, 0.15) is 26.2 Å². The van der Waals surface area contributed by atoms with Crippen LogP contribution in [0.3, 0.4) is 0 Å². The predicted molar refractivity (Wildman–Crippen MR) is 79.3 cm³/mol. The van der Waals surface area contributed by atoms with Gasteiger partial charge in [0.2, 0.25) is 0 Å². The molecule has 1 aromatic rings. The summed E-state index contributed by atoms with van der Waals surface area (Å²) in [7, 11) is 1.69. The van der Waals surface area contributed by atoms with Crippen LogP contribution in [0.15, 0.2) is 12.1 Å². The van der Waals surface area contributed by atoms with Crippen molar-refractivity contribution in [2.75, 3.05) is 37.4 Å². The number of rotatable bonds is 10. The summed E-state index contributed by atoms with van der Waals surface area (Å²) < 4.78 is 4.98. The average molecular weight is 282 g/mol. The van der Waals surface area contributed by atoms with Crippen LogP contribution in [0.5, 0.6) is 0 Å². The monoisotopic (exact) mass is 282 g/mol. The number of nitrogens with one attached hydrogen (secondary N) is 2. The van der Waals surface area contributed by atoms with Gasteiger partial charge in [0.05, 0.1) is 17.1 Å². The van der Waals surface area contributed by atoms with Crippen molar-refractivity contribution in [1.82, 2.24) is 4.98 Å². The molecule has 0 unspecified atom stereocenters. The van der Waals surface area contributed by atoms with Gasteiger partial charge in [-0.15, -0.1) is 0 Å². The maximum Gasteiger partial charge on any atom is 0.276 e. The lowest BCUT2D eigenvalue weighted by Gasteiger charge is -2.08. The Hall–Kier alpha value is -1.89. The van der Waals surface area contributed by atoms with E-state index in [0.717, 1.165) is 32.4 Å². The third-order valence-corrected chi connectivity index (χ3v) is 2.71. The Balaban J connectivity index is 2.53. The Labute approximate surface area is 118 Å². The minimum Gasteiger partial charge on any atom is -0.385 e. The van der Waals surface area contributed by atoms with E-state index in [1.165, 1.54) is 12.1 Å². The first-order valence-electron chi connectivity index (χ1n) is 6.80. The van der Waals surface area contributed by atoms with E-state index < -0.39 is 4.92 Å². The lowest BCUT2D eigenvalue weighted by Crippen LogP contribution is -2.07. The Morgan fingerprint density at radius 1 is 1.25 bits per heavy atom. The van der Waals surface area contributed by atoms with Gasteiger partial charge in [-0.3, -0.25) is 10.1 Å². The molecular weight excluding hydrogens is 260 g/mol. The van der Waals surface area contributed by atoms with E-state index in [9.17, 15) is 10.1 Å². The van der Waals surface area contributed by atoms with Crippen LogP contribution in [0.2, 0.25) is 0 Å². The molecule has 1 aromatic heterocycles. The van der Waals surface area contributed by atoms with Crippen LogP contribution in [0.25, 0.3) is 0 Å². The number of pyridine rings is 1. The highest BCUT2D eigenvalue weighted by Gasteiger charge is 2.10. The molecule has 1 rings (SSSR count). The summed E-state index contributed by atoms with van der Waals surface area (Å²) in [5.74, 6) is 1.05. The van der Waals surface area contributed by atoms with Crippen LogP contribution in [0.4, 0.5) is 17.3 Å². The largest absolute Gasteiger partial charge is 0.385 e. The molecule has 7 heteroatoms. The van der Waals surface area contributed by atoms with Gasteiger partial charge in [-0.2, -0.15) is 0 Å². The molecule has 0 aromatic carbocycles. The third kappa shape index (κ3) is 5.83. The first kappa shape index (κ1) is 16.2. The fourth-order valence-electron chi connectivity index (χ4n) is 1.75. The maximum atomic E-state index is 10.9. The first-order valence-corrected chi connectivity index (χ1v) is 6.80. The SMILES string of the molecule is CCNc1cc([N+](=O)[O-])cc(NCCCCCOC)n1. The van der Waals surface area contributed by atoms with Crippen LogP contribution >= 0.6 is 0 Å². The van der Waals surface area contributed by atoms with Gasteiger partial charge >= 0.3 is 0 Å². The van der Waals surface area contributed by atoms with Crippen molar-refractivity contribution in [3.05, 3.63) is 22.2 Å². The van der Waals surface area contributed by atoms with Gasteiger partial charge in [-0.05, 0) is 26.2 Å². The van der Waals surface area contributed by atoms with E-state index in [0.29, 0.717) is 18.2 Å². The second-order valence-corrected chi connectivity index (χ2v) is 4.36. The van der Waals surface area contributed by atoms with E-state index in [1.54, 1.807) is 7.11 Å². The number of nitrogens with zero attached hydrogens (tertiary/aromatic N) is 2. The molecule has 0 fully saturated rings. The van der Waals surface area contributed by atoms with Gasteiger partial charge in [0, 0.05) is 26.8 Å². The molecule has 0 saturated heterocycles. The summed E-state index contributed by atoms with van der Waals surface area (Å²) in [6, 6.07) is 2.89. The molecule has 0 aliphatic carbocycles. The number of hydrogen-bond acceptors (Lipinski definition) is 6. The second kappa shape index (κ2) is 9.08. The van der Waals surface area contributed by atoms with Crippen LogP contribution in [-0.4, -0.2) is 36.7 Å². The van der Waals surface area contributed by atoms with Crippen LogP contribution in [-0.2, 0) is 4.74 Å². The van der Waals surface area contributed by atoms with Gasteiger partial charge in [0.1, 0.15) is 11.6 Å². The fourth-order valence-corrected chi connectivity index (χ4v) is 1.75. The van der Waals surface area contributed by atoms with E-state index in [-0.39, 0.29) is 5.69 Å². The zero-order valence-electron chi connectivity index (χ0n) is 12.0. The number of unbranched alkanes of at least 4 members (excludes halogenated alkanes) is 2. The highest BCUT2D eigenvalue weighted by atomic mass is 16.6. The number of nitro groups is 1. The standard InChI is InChI=1S/C13H22N4O3/c1-3-14-12-9-11(17(18)19)10-13(16-12)15-7-5-4-6-8-20-2/h9-10H,3-8H2,1-2H3,(H2,14,15,16). The Morgan fingerprint density at radius 3 is 2.55 bits per heavy atom. The zero-order valence-corrected chi connectivity index (χ0v) is 12.0. The molecule has 0 atom stereocenters. The van der Waals surface area contributed by atoms with Gasteiger partial charge < -0.3 is 15.4 Å². The number of hydrogen-bond donors (Lipinski definition) is 2. The predicted octanol–water partition coefficient (Wildman–Crippen LogP) is 2.65. The Kier molecular flexibility index (Phi) is 7.34. The van der Waals surface area contributed by atoms with E-state index in [4.69, 9.17) is 4.74 Å².